The van der Waals surface area contributed by atoms with Gasteiger partial charge in [0.15, 0.2) is 0 Å². The Kier molecular flexibility index (Phi) is 1.46. The van der Waals surface area contributed by atoms with Gasteiger partial charge in [0.25, 0.3) is 5.69 Å². The van der Waals surface area contributed by atoms with Crippen LogP contribution in [0.15, 0.2) is 9.78 Å². The molecule has 0 aliphatic heterocycles. The molecule has 2 rings (SSSR count). The van der Waals surface area contributed by atoms with Gasteiger partial charge in [-0.3, -0.25) is 4.63 Å². The minimum atomic E-state index is 0.361. The van der Waals surface area contributed by atoms with Gasteiger partial charge in [-0.05, 0) is 17.7 Å². The molecule has 1 aliphatic rings. The molecule has 1 heterocycles. The quantitative estimate of drug-likeness (QED) is 0.331. The van der Waals surface area contributed by atoms with Crippen molar-refractivity contribution in [3.8, 4) is 0 Å². The third kappa shape index (κ3) is 0.843. The summed E-state index contributed by atoms with van der Waals surface area (Å²) < 4.78 is 4.37. The Balaban J connectivity index is 2.53. The van der Waals surface area contributed by atoms with Gasteiger partial charge in [0.05, 0.1) is 0 Å². The lowest BCUT2D eigenvalue weighted by molar-refractivity contribution is -0.808. The fourth-order valence-electron chi connectivity index (χ4n) is 1.33. The fraction of sp³-hybridized carbons (Fsp3) is 0.500. The first-order valence-electron chi connectivity index (χ1n) is 3.63. The monoisotopic (exact) mass is 169 g/mol. The summed E-state index contributed by atoms with van der Waals surface area (Å²) in [4.78, 5) is 0.361. The minimum Gasteiger partial charge on any atom is -0.411 e. The van der Waals surface area contributed by atoms with E-state index in [9.17, 15) is 5.21 Å². The molecule has 6 nitrogen and oxygen atoms in total. The summed E-state index contributed by atoms with van der Waals surface area (Å²) in [5.74, 6) is 0. The number of aromatic nitrogens is 2. The van der Waals surface area contributed by atoms with E-state index in [1.807, 2.05) is 0 Å². The van der Waals surface area contributed by atoms with Crippen molar-refractivity contribution < 1.29 is 14.7 Å². The molecule has 0 atom stereocenters. The maximum Gasteiger partial charge on any atom is 0.268 e. The van der Waals surface area contributed by atoms with Crippen molar-refractivity contribution in [3.63, 3.8) is 0 Å². The molecule has 0 bridgehead atoms. The summed E-state index contributed by atoms with van der Waals surface area (Å²) >= 11 is 0. The predicted molar refractivity (Wildman–Crippen MR) is 36.7 cm³/mol. The minimum absolute atomic E-state index is 0.361. The van der Waals surface area contributed by atoms with Gasteiger partial charge >= 0.3 is 0 Å². The van der Waals surface area contributed by atoms with Gasteiger partial charge in [-0.15, -0.1) is 0 Å². The predicted octanol–water partition coefficient (Wildman–Crippen LogP) is -0.177. The molecule has 64 valence electrons. The molecule has 0 aromatic carbocycles. The van der Waals surface area contributed by atoms with Gasteiger partial charge in [0.2, 0.25) is 5.69 Å². The van der Waals surface area contributed by atoms with Crippen molar-refractivity contribution >= 4 is 5.71 Å². The Bertz CT molecular complexity index is 331. The van der Waals surface area contributed by atoms with Crippen molar-refractivity contribution in [2.75, 3.05) is 0 Å². The van der Waals surface area contributed by atoms with E-state index < -0.39 is 0 Å². The average molecular weight is 169 g/mol. The Morgan fingerprint density at radius 1 is 1.58 bits per heavy atom. The number of hydrogen-bond acceptors (Lipinski definition) is 5. The van der Waals surface area contributed by atoms with E-state index in [-0.39, 0.29) is 0 Å². The Hall–Kier alpha value is -1.59. The van der Waals surface area contributed by atoms with Crippen molar-refractivity contribution in [1.82, 2.24) is 5.16 Å². The number of nitrogens with zero attached hydrogens (tertiary/aromatic N) is 3. The van der Waals surface area contributed by atoms with Crippen LogP contribution in [0.4, 0.5) is 0 Å². The zero-order chi connectivity index (χ0) is 8.55. The highest BCUT2D eigenvalue weighted by molar-refractivity contribution is 5.99. The second-order valence-corrected chi connectivity index (χ2v) is 2.63. The van der Waals surface area contributed by atoms with Crippen LogP contribution in [0.1, 0.15) is 24.2 Å². The number of oxime groups is 1. The number of rotatable bonds is 0. The fourth-order valence-corrected chi connectivity index (χ4v) is 1.33. The molecule has 0 unspecified atom stereocenters. The van der Waals surface area contributed by atoms with E-state index in [0.717, 1.165) is 6.42 Å². The average Bonchev–Trinajstić information content (AvgIpc) is 2.48. The van der Waals surface area contributed by atoms with Crippen molar-refractivity contribution in [1.29, 1.82) is 0 Å². The zero-order valence-electron chi connectivity index (χ0n) is 6.23. The van der Waals surface area contributed by atoms with E-state index in [4.69, 9.17) is 5.21 Å². The second-order valence-electron chi connectivity index (χ2n) is 2.63. The number of fused-ring (bicyclic) bond motifs is 1. The van der Waals surface area contributed by atoms with Crippen LogP contribution in [0.2, 0.25) is 0 Å². The van der Waals surface area contributed by atoms with Gasteiger partial charge in [-0.1, -0.05) is 5.16 Å². The van der Waals surface area contributed by atoms with Crippen LogP contribution in [0, 0.1) is 5.21 Å². The van der Waals surface area contributed by atoms with Crippen LogP contribution in [0.5, 0.6) is 0 Å². The zero-order valence-corrected chi connectivity index (χ0v) is 6.23. The smallest absolute Gasteiger partial charge is 0.268 e. The summed E-state index contributed by atoms with van der Waals surface area (Å²) in [5, 5.41) is 26.0. The molecule has 0 spiro atoms. The first-order chi connectivity index (χ1) is 5.83. The molecule has 6 heteroatoms. The lowest BCUT2D eigenvalue weighted by Gasteiger charge is -2.04. The lowest BCUT2D eigenvalue weighted by atomic mass is 9.99. The molecule has 0 saturated carbocycles. The Morgan fingerprint density at radius 3 is 3.17 bits per heavy atom. The van der Waals surface area contributed by atoms with Crippen LogP contribution in [0.3, 0.4) is 0 Å². The van der Waals surface area contributed by atoms with Gasteiger partial charge in [0, 0.05) is 11.6 Å². The molecular weight excluding hydrogens is 162 g/mol. The van der Waals surface area contributed by atoms with Crippen LogP contribution < -0.4 is 4.90 Å². The summed E-state index contributed by atoms with van der Waals surface area (Å²) in [7, 11) is 0. The van der Waals surface area contributed by atoms with E-state index in [0.29, 0.717) is 34.8 Å². The SMILES string of the molecule is [O-][n+]1onc2c1CCCC2=NO. The van der Waals surface area contributed by atoms with Crippen molar-refractivity contribution in [3.05, 3.63) is 16.6 Å². The molecule has 0 radical (unpaired) electrons. The molecule has 12 heavy (non-hydrogen) atoms. The first kappa shape index (κ1) is 7.08. The van der Waals surface area contributed by atoms with E-state index in [1.165, 1.54) is 0 Å². The summed E-state index contributed by atoms with van der Waals surface area (Å²) in [6.45, 7) is 0. The van der Waals surface area contributed by atoms with Crippen LogP contribution in [0.25, 0.3) is 0 Å². The van der Waals surface area contributed by atoms with E-state index in [2.05, 4.69) is 14.9 Å². The highest BCUT2D eigenvalue weighted by Crippen LogP contribution is 2.16. The third-order valence-electron chi connectivity index (χ3n) is 1.92. The highest BCUT2D eigenvalue weighted by Gasteiger charge is 2.28. The van der Waals surface area contributed by atoms with Crippen LogP contribution in [-0.4, -0.2) is 16.1 Å². The summed E-state index contributed by atoms with van der Waals surface area (Å²) in [6, 6.07) is 0. The van der Waals surface area contributed by atoms with Crippen LogP contribution in [-0.2, 0) is 6.42 Å². The topological polar surface area (TPSA) is 85.6 Å². The second kappa shape index (κ2) is 2.47. The maximum absolute atomic E-state index is 10.9. The Labute approximate surface area is 67.6 Å². The Morgan fingerprint density at radius 2 is 2.42 bits per heavy atom. The van der Waals surface area contributed by atoms with Gasteiger partial charge in [-0.25, -0.2) is 0 Å². The normalized spacial score (nSPS) is 19.5. The van der Waals surface area contributed by atoms with Gasteiger partial charge in [0.1, 0.15) is 5.71 Å². The summed E-state index contributed by atoms with van der Waals surface area (Å²) in [6.07, 6.45) is 2.05. The molecule has 1 aliphatic carbocycles. The summed E-state index contributed by atoms with van der Waals surface area (Å²) in [5.41, 5.74) is 1.27. The van der Waals surface area contributed by atoms with E-state index in [1.54, 1.807) is 0 Å². The standard InChI is InChI=1S/C6H7N3O3/c10-7-4-2-1-3-5-6(4)8-12-9(5)11/h10H,1-3H2. The molecule has 1 N–H and O–H groups in total. The largest absolute Gasteiger partial charge is 0.411 e. The van der Waals surface area contributed by atoms with Gasteiger partial charge in [-0.2, -0.15) is 0 Å². The molecular formula is C6H7N3O3. The third-order valence-corrected chi connectivity index (χ3v) is 1.92. The highest BCUT2D eigenvalue weighted by atomic mass is 16.8. The maximum atomic E-state index is 10.9. The molecule has 0 saturated heterocycles. The molecule has 1 aromatic rings. The lowest BCUT2D eigenvalue weighted by Crippen LogP contribution is -2.30. The number of hydrogen-bond donors (Lipinski definition) is 1. The van der Waals surface area contributed by atoms with E-state index >= 15 is 0 Å². The molecule has 0 fully saturated rings. The van der Waals surface area contributed by atoms with Crippen molar-refractivity contribution in [2.24, 2.45) is 5.16 Å². The molecule has 1 aromatic heterocycles. The van der Waals surface area contributed by atoms with Crippen LogP contribution >= 0.6 is 0 Å². The van der Waals surface area contributed by atoms with Gasteiger partial charge < -0.3 is 10.4 Å². The first-order valence-corrected chi connectivity index (χ1v) is 3.63. The van der Waals surface area contributed by atoms with Crippen molar-refractivity contribution in [2.45, 2.75) is 19.3 Å². The molecule has 0 amide bonds.